The first-order chi connectivity index (χ1) is 8.78. The molecular formula is C14H23NO2S. The third-order valence-corrected chi connectivity index (χ3v) is 4.33. The van der Waals surface area contributed by atoms with Crippen molar-refractivity contribution in [2.24, 2.45) is 0 Å². The van der Waals surface area contributed by atoms with Crippen molar-refractivity contribution < 1.29 is 9.52 Å². The molecule has 0 unspecified atom stereocenters. The lowest BCUT2D eigenvalue weighted by Crippen LogP contribution is -2.49. The van der Waals surface area contributed by atoms with Crippen molar-refractivity contribution >= 4 is 11.8 Å². The monoisotopic (exact) mass is 269 g/mol. The normalized spacial score (nSPS) is 19.0. The minimum Gasteiger partial charge on any atom is -0.464 e. The Morgan fingerprint density at radius 2 is 2.00 bits per heavy atom. The van der Waals surface area contributed by atoms with Gasteiger partial charge in [0.15, 0.2) is 0 Å². The van der Waals surface area contributed by atoms with Gasteiger partial charge in [-0.3, -0.25) is 0 Å². The minimum absolute atomic E-state index is 0.0787. The van der Waals surface area contributed by atoms with E-state index in [1.54, 1.807) is 11.8 Å². The van der Waals surface area contributed by atoms with Gasteiger partial charge in [-0.1, -0.05) is 19.3 Å². The average Bonchev–Trinajstić information content (AvgIpc) is 2.86. The molecule has 1 fully saturated rings. The first-order valence-corrected chi connectivity index (χ1v) is 8.10. The zero-order valence-corrected chi connectivity index (χ0v) is 11.9. The van der Waals surface area contributed by atoms with Crippen molar-refractivity contribution in [2.75, 3.05) is 12.9 Å². The van der Waals surface area contributed by atoms with Gasteiger partial charge in [0.1, 0.15) is 11.5 Å². The first kappa shape index (κ1) is 14.0. The van der Waals surface area contributed by atoms with E-state index >= 15 is 0 Å². The van der Waals surface area contributed by atoms with E-state index in [2.05, 4.69) is 11.6 Å². The predicted octanol–water partition coefficient (Wildman–Crippen LogP) is 2.93. The summed E-state index contributed by atoms with van der Waals surface area (Å²) in [4.78, 5) is 0. The Kier molecular flexibility index (Phi) is 5.15. The summed E-state index contributed by atoms with van der Waals surface area (Å²) in [7, 11) is 0. The fourth-order valence-corrected chi connectivity index (χ4v) is 3.07. The second kappa shape index (κ2) is 6.64. The van der Waals surface area contributed by atoms with Crippen LogP contribution in [-0.2, 0) is 12.3 Å². The second-order valence-electron chi connectivity index (χ2n) is 5.15. The summed E-state index contributed by atoms with van der Waals surface area (Å²) in [5, 5.41) is 13.1. The molecule has 18 heavy (non-hydrogen) atoms. The summed E-state index contributed by atoms with van der Waals surface area (Å²) >= 11 is 1.76. The Balaban J connectivity index is 1.88. The van der Waals surface area contributed by atoms with Gasteiger partial charge in [0.2, 0.25) is 0 Å². The maximum atomic E-state index is 9.61. The molecule has 1 aromatic heterocycles. The van der Waals surface area contributed by atoms with Gasteiger partial charge in [0.25, 0.3) is 0 Å². The van der Waals surface area contributed by atoms with Crippen molar-refractivity contribution in [3.8, 4) is 0 Å². The van der Waals surface area contributed by atoms with E-state index in [9.17, 15) is 5.11 Å². The van der Waals surface area contributed by atoms with E-state index in [4.69, 9.17) is 4.42 Å². The maximum absolute atomic E-state index is 9.61. The Bertz CT molecular complexity index is 358. The summed E-state index contributed by atoms with van der Waals surface area (Å²) in [5.74, 6) is 2.92. The highest BCUT2D eigenvalue weighted by Crippen LogP contribution is 2.28. The van der Waals surface area contributed by atoms with E-state index in [1.807, 2.05) is 12.1 Å². The molecule has 0 bridgehead atoms. The Morgan fingerprint density at radius 1 is 1.28 bits per heavy atom. The molecule has 0 spiro atoms. The van der Waals surface area contributed by atoms with Crippen molar-refractivity contribution in [3.05, 3.63) is 23.7 Å². The predicted molar refractivity (Wildman–Crippen MR) is 75.7 cm³/mol. The summed E-state index contributed by atoms with van der Waals surface area (Å²) < 4.78 is 5.74. The highest BCUT2D eigenvalue weighted by molar-refractivity contribution is 7.97. The molecule has 102 valence electrons. The molecule has 1 heterocycles. The number of nitrogens with one attached hydrogen (secondary N) is 1. The zero-order chi connectivity index (χ0) is 12.8. The lowest BCUT2D eigenvalue weighted by molar-refractivity contribution is 0.117. The summed E-state index contributed by atoms with van der Waals surface area (Å²) in [6.07, 6.45) is 7.93. The minimum atomic E-state index is -0.0787. The number of aliphatic hydroxyl groups is 1. The molecule has 0 radical (unpaired) electrons. The van der Waals surface area contributed by atoms with Gasteiger partial charge in [0.05, 0.1) is 18.9 Å². The molecule has 0 amide bonds. The van der Waals surface area contributed by atoms with Crippen molar-refractivity contribution in [3.63, 3.8) is 0 Å². The highest BCUT2D eigenvalue weighted by atomic mass is 32.2. The van der Waals surface area contributed by atoms with Gasteiger partial charge in [0, 0.05) is 5.54 Å². The van der Waals surface area contributed by atoms with E-state index in [-0.39, 0.29) is 12.1 Å². The highest BCUT2D eigenvalue weighted by Gasteiger charge is 2.30. The molecule has 2 rings (SSSR count). The molecule has 0 aliphatic heterocycles. The van der Waals surface area contributed by atoms with Crippen LogP contribution in [0.2, 0.25) is 0 Å². The summed E-state index contributed by atoms with van der Waals surface area (Å²) in [6, 6.07) is 4.08. The van der Waals surface area contributed by atoms with Crippen LogP contribution in [0, 0.1) is 0 Å². The molecule has 1 saturated carbocycles. The van der Waals surface area contributed by atoms with Crippen molar-refractivity contribution in [2.45, 2.75) is 49.9 Å². The molecule has 0 aromatic carbocycles. The van der Waals surface area contributed by atoms with Crippen molar-refractivity contribution in [1.82, 2.24) is 5.32 Å². The topological polar surface area (TPSA) is 45.4 Å². The number of thioether (sulfide) groups is 1. The van der Waals surface area contributed by atoms with Gasteiger partial charge >= 0.3 is 0 Å². The Hall–Kier alpha value is -0.450. The summed E-state index contributed by atoms with van der Waals surface area (Å²) in [5.41, 5.74) is -0.0787. The molecule has 1 aliphatic carbocycles. The lowest BCUT2D eigenvalue weighted by Gasteiger charge is -2.36. The Morgan fingerprint density at radius 3 is 2.67 bits per heavy atom. The molecular weight excluding hydrogens is 246 g/mol. The number of hydrogen-bond acceptors (Lipinski definition) is 4. The van der Waals surface area contributed by atoms with Crippen LogP contribution in [0.15, 0.2) is 16.5 Å². The van der Waals surface area contributed by atoms with E-state index in [0.717, 1.165) is 36.7 Å². The lowest BCUT2D eigenvalue weighted by atomic mass is 9.82. The van der Waals surface area contributed by atoms with Crippen LogP contribution in [0.1, 0.15) is 43.6 Å². The maximum Gasteiger partial charge on any atom is 0.118 e. The van der Waals surface area contributed by atoms with Crippen LogP contribution in [0.3, 0.4) is 0 Å². The van der Waals surface area contributed by atoms with Crippen molar-refractivity contribution in [1.29, 1.82) is 0 Å². The Labute approximate surface area is 113 Å². The molecule has 3 nitrogen and oxygen atoms in total. The third kappa shape index (κ3) is 3.53. The van der Waals surface area contributed by atoms with Crippen LogP contribution in [0.5, 0.6) is 0 Å². The largest absolute Gasteiger partial charge is 0.464 e. The van der Waals surface area contributed by atoms with Gasteiger partial charge < -0.3 is 14.8 Å². The van der Waals surface area contributed by atoms with Crippen LogP contribution in [0.25, 0.3) is 0 Å². The van der Waals surface area contributed by atoms with Crippen LogP contribution < -0.4 is 5.32 Å². The number of rotatable bonds is 6. The fourth-order valence-electron chi connectivity index (χ4n) is 2.63. The number of furan rings is 1. The standard InChI is InChI=1S/C14H23NO2S/c1-18-10-13-6-5-12(17-13)9-15-14(11-16)7-3-2-4-8-14/h5-6,15-16H,2-4,7-11H2,1H3. The third-order valence-electron chi connectivity index (χ3n) is 3.75. The first-order valence-electron chi connectivity index (χ1n) is 6.70. The number of aliphatic hydroxyl groups excluding tert-OH is 1. The smallest absolute Gasteiger partial charge is 0.118 e. The van der Waals surface area contributed by atoms with Gasteiger partial charge in [-0.15, -0.1) is 0 Å². The molecule has 0 saturated heterocycles. The van der Waals surface area contributed by atoms with E-state index < -0.39 is 0 Å². The van der Waals surface area contributed by atoms with Gasteiger partial charge in [-0.2, -0.15) is 11.8 Å². The van der Waals surface area contributed by atoms with Crippen LogP contribution in [-0.4, -0.2) is 23.5 Å². The van der Waals surface area contributed by atoms with Gasteiger partial charge in [-0.05, 0) is 31.2 Å². The zero-order valence-electron chi connectivity index (χ0n) is 11.1. The van der Waals surface area contributed by atoms with Gasteiger partial charge in [-0.25, -0.2) is 0 Å². The number of hydrogen-bond donors (Lipinski definition) is 2. The molecule has 4 heteroatoms. The molecule has 1 aromatic rings. The summed E-state index contributed by atoms with van der Waals surface area (Å²) in [6.45, 7) is 0.945. The SMILES string of the molecule is CSCc1ccc(CNC2(CO)CCCCC2)o1. The molecule has 0 atom stereocenters. The molecule has 2 N–H and O–H groups in total. The second-order valence-corrected chi connectivity index (χ2v) is 6.02. The van der Waals surface area contributed by atoms with E-state index in [0.29, 0.717) is 0 Å². The van der Waals surface area contributed by atoms with Crippen LogP contribution in [0.4, 0.5) is 0 Å². The molecule has 1 aliphatic rings. The fraction of sp³-hybridized carbons (Fsp3) is 0.714. The average molecular weight is 269 g/mol. The van der Waals surface area contributed by atoms with E-state index in [1.165, 1.54) is 19.3 Å². The quantitative estimate of drug-likeness (QED) is 0.833. The van der Waals surface area contributed by atoms with Crippen LogP contribution >= 0.6 is 11.8 Å².